The van der Waals surface area contributed by atoms with Crippen molar-refractivity contribution in [3.8, 4) is 0 Å². The molecule has 1 fully saturated rings. The van der Waals surface area contributed by atoms with Crippen molar-refractivity contribution in [1.82, 2.24) is 4.90 Å². The highest BCUT2D eigenvalue weighted by Gasteiger charge is 2.24. The molecule has 0 aliphatic carbocycles. The summed E-state index contributed by atoms with van der Waals surface area (Å²) in [6.07, 6.45) is 1.65. The summed E-state index contributed by atoms with van der Waals surface area (Å²) in [6.45, 7) is 7.22. The molecule has 1 saturated heterocycles. The minimum Gasteiger partial charge on any atom is -0.396 e. The van der Waals surface area contributed by atoms with E-state index >= 15 is 0 Å². The van der Waals surface area contributed by atoms with Gasteiger partial charge in [0.1, 0.15) is 0 Å². The first-order chi connectivity index (χ1) is 6.03. The standard InChI is InChI=1S/C10H21NO2/c1-10(2,8-12)7-11-5-3-9(13)4-6-11/h9,12-13H,3-8H2,1-2H3. The molecule has 0 spiro atoms. The molecule has 0 bridgehead atoms. The maximum atomic E-state index is 9.31. The van der Waals surface area contributed by atoms with Crippen LogP contribution in [0.2, 0.25) is 0 Å². The Morgan fingerprint density at radius 1 is 1.31 bits per heavy atom. The van der Waals surface area contributed by atoms with Crippen molar-refractivity contribution in [3.63, 3.8) is 0 Å². The molecular weight excluding hydrogens is 166 g/mol. The Bertz CT molecular complexity index is 151. The first kappa shape index (κ1) is 11.0. The van der Waals surface area contributed by atoms with Crippen molar-refractivity contribution < 1.29 is 10.2 Å². The predicted octanol–water partition coefficient (Wildman–Crippen LogP) is 0.462. The number of likely N-dealkylation sites (tertiary alicyclic amines) is 1. The van der Waals surface area contributed by atoms with Crippen LogP contribution in [0, 0.1) is 5.41 Å². The molecule has 0 aromatic heterocycles. The van der Waals surface area contributed by atoms with Gasteiger partial charge in [0.25, 0.3) is 0 Å². The quantitative estimate of drug-likeness (QED) is 0.674. The molecule has 0 aromatic carbocycles. The zero-order valence-corrected chi connectivity index (χ0v) is 8.66. The van der Waals surface area contributed by atoms with E-state index in [0.717, 1.165) is 32.5 Å². The summed E-state index contributed by atoms with van der Waals surface area (Å²) in [6, 6.07) is 0. The van der Waals surface area contributed by atoms with Gasteiger partial charge >= 0.3 is 0 Å². The van der Waals surface area contributed by atoms with Crippen molar-refractivity contribution in [3.05, 3.63) is 0 Å². The third-order valence-electron chi connectivity index (χ3n) is 2.64. The van der Waals surface area contributed by atoms with Crippen LogP contribution in [-0.2, 0) is 0 Å². The van der Waals surface area contributed by atoms with Crippen LogP contribution in [0.3, 0.4) is 0 Å². The Labute approximate surface area is 80.4 Å². The second kappa shape index (κ2) is 4.40. The van der Waals surface area contributed by atoms with Crippen LogP contribution >= 0.6 is 0 Å². The van der Waals surface area contributed by atoms with E-state index in [-0.39, 0.29) is 18.1 Å². The Morgan fingerprint density at radius 3 is 2.31 bits per heavy atom. The van der Waals surface area contributed by atoms with E-state index in [9.17, 15) is 5.11 Å². The number of hydrogen-bond donors (Lipinski definition) is 2. The van der Waals surface area contributed by atoms with E-state index < -0.39 is 0 Å². The molecule has 0 atom stereocenters. The molecule has 2 N–H and O–H groups in total. The summed E-state index contributed by atoms with van der Waals surface area (Å²) in [5.41, 5.74) is -0.0116. The third kappa shape index (κ3) is 3.63. The van der Waals surface area contributed by atoms with Crippen LogP contribution in [-0.4, -0.2) is 47.5 Å². The van der Waals surface area contributed by atoms with Crippen LogP contribution in [0.15, 0.2) is 0 Å². The first-order valence-corrected chi connectivity index (χ1v) is 5.05. The van der Waals surface area contributed by atoms with Crippen molar-refractivity contribution in [2.24, 2.45) is 5.41 Å². The van der Waals surface area contributed by atoms with E-state index in [1.807, 2.05) is 0 Å². The van der Waals surface area contributed by atoms with Gasteiger partial charge < -0.3 is 15.1 Å². The molecule has 1 aliphatic rings. The SMILES string of the molecule is CC(C)(CO)CN1CCC(O)CC1. The van der Waals surface area contributed by atoms with Crippen molar-refractivity contribution in [2.75, 3.05) is 26.2 Å². The molecule has 1 heterocycles. The smallest absolute Gasteiger partial charge is 0.0564 e. The minimum atomic E-state index is -0.103. The van der Waals surface area contributed by atoms with Gasteiger partial charge in [-0.2, -0.15) is 0 Å². The molecule has 3 nitrogen and oxygen atoms in total. The van der Waals surface area contributed by atoms with Gasteiger partial charge in [0.15, 0.2) is 0 Å². The van der Waals surface area contributed by atoms with Crippen LogP contribution in [0.25, 0.3) is 0 Å². The number of rotatable bonds is 3. The highest BCUT2D eigenvalue weighted by Crippen LogP contribution is 2.19. The van der Waals surface area contributed by atoms with E-state index in [2.05, 4.69) is 18.7 Å². The van der Waals surface area contributed by atoms with E-state index in [4.69, 9.17) is 5.11 Å². The molecule has 13 heavy (non-hydrogen) atoms. The lowest BCUT2D eigenvalue weighted by Gasteiger charge is -2.35. The summed E-state index contributed by atoms with van der Waals surface area (Å²) in [7, 11) is 0. The molecule has 1 rings (SSSR count). The summed E-state index contributed by atoms with van der Waals surface area (Å²) in [4.78, 5) is 2.32. The molecule has 0 saturated carbocycles. The fourth-order valence-electron chi connectivity index (χ4n) is 1.73. The summed E-state index contributed by atoms with van der Waals surface area (Å²) in [5, 5.41) is 18.4. The maximum Gasteiger partial charge on any atom is 0.0564 e. The number of nitrogens with zero attached hydrogens (tertiary/aromatic N) is 1. The highest BCUT2D eigenvalue weighted by atomic mass is 16.3. The number of aliphatic hydroxyl groups excluding tert-OH is 2. The Balaban J connectivity index is 2.30. The van der Waals surface area contributed by atoms with Crippen LogP contribution in [0.4, 0.5) is 0 Å². The van der Waals surface area contributed by atoms with Gasteiger partial charge in [-0.15, -0.1) is 0 Å². The largest absolute Gasteiger partial charge is 0.396 e. The fraction of sp³-hybridized carbons (Fsp3) is 1.00. The Hall–Kier alpha value is -0.120. The summed E-state index contributed by atoms with van der Waals surface area (Å²) < 4.78 is 0. The Kier molecular flexibility index (Phi) is 3.71. The van der Waals surface area contributed by atoms with Crippen molar-refractivity contribution in [1.29, 1.82) is 0 Å². The van der Waals surface area contributed by atoms with Crippen molar-refractivity contribution in [2.45, 2.75) is 32.8 Å². The van der Waals surface area contributed by atoms with Crippen LogP contribution in [0.1, 0.15) is 26.7 Å². The maximum absolute atomic E-state index is 9.31. The second-order valence-corrected chi connectivity index (χ2v) is 4.83. The van der Waals surface area contributed by atoms with E-state index in [1.54, 1.807) is 0 Å². The predicted molar refractivity (Wildman–Crippen MR) is 52.5 cm³/mol. The molecule has 78 valence electrons. The molecule has 3 heteroatoms. The molecule has 0 amide bonds. The monoisotopic (exact) mass is 187 g/mol. The number of piperidine rings is 1. The van der Waals surface area contributed by atoms with E-state index in [1.165, 1.54) is 0 Å². The lowest BCUT2D eigenvalue weighted by molar-refractivity contribution is 0.0466. The van der Waals surface area contributed by atoms with Crippen molar-refractivity contribution >= 4 is 0 Å². The molecular formula is C10H21NO2. The molecule has 0 radical (unpaired) electrons. The van der Waals surface area contributed by atoms with Gasteiger partial charge in [0.05, 0.1) is 6.10 Å². The van der Waals surface area contributed by atoms with Gasteiger partial charge in [0, 0.05) is 31.7 Å². The van der Waals surface area contributed by atoms with E-state index in [0.29, 0.717) is 0 Å². The summed E-state index contributed by atoms with van der Waals surface area (Å²) >= 11 is 0. The van der Waals surface area contributed by atoms with Gasteiger partial charge in [-0.05, 0) is 12.8 Å². The van der Waals surface area contributed by atoms with Gasteiger partial charge in [-0.1, -0.05) is 13.8 Å². The van der Waals surface area contributed by atoms with Crippen LogP contribution < -0.4 is 0 Å². The second-order valence-electron chi connectivity index (χ2n) is 4.83. The number of aliphatic hydroxyl groups is 2. The normalized spacial score (nSPS) is 22.2. The Morgan fingerprint density at radius 2 is 1.85 bits per heavy atom. The molecule has 0 unspecified atom stereocenters. The van der Waals surface area contributed by atoms with Crippen LogP contribution in [0.5, 0.6) is 0 Å². The zero-order valence-electron chi connectivity index (χ0n) is 8.66. The van der Waals surface area contributed by atoms with Gasteiger partial charge in [-0.3, -0.25) is 0 Å². The number of hydrogen-bond acceptors (Lipinski definition) is 3. The molecule has 0 aromatic rings. The summed E-state index contributed by atoms with van der Waals surface area (Å²) in [5.74, 6) is 0. The average molecular weight is 187 g/mol. The first-order valence-electron chi connectivity index (χ1n) is 5.05. The zero-order chi connectivity index (χ0) is 9.90. The van der Waals surface area contributed by atoms with Gasteiger partial charge in [-0.25, -0.2) is 0 Å². The minimum absolute atomic E-state index is 0.0116. The molecule has 1 aliphatic heterocycles. The highest BCUT2D eigenvalue weighted by molar-refractivity contribution is 4.77. The van der Waals surface area contributed by atoms with Gasteiger partial charge in [0.2, 0.25) is 0 Å². The topological polar surface area (TPSA) is 43.7 Å². The third-order valence-corrected chi connectivity index (χ3v) is 2.64. The average Bonchev–Trinajstić information content (AvgIpc) is 2.09. The lowest BCUT2D eigenvalue weighted by Crippen LogP contribution is -2.42. The lowest BCUT2D eigenvalue weighted by atomic mass is 9.93. The fourth-order valence-corrected chi connectivity index (χ4v) is 1.73.